The molecule has 6 nitrogen and oxygen atoms in total. The first kappa shape index (κ1) is 18.2. The lowest BCUT2D eigenvalue weighted by atomic mass is 10.0. The molecule has 0 aromatic heterocycles. The first-order valence-electron chi connectivity index (χ1n) is 7.98. The Morgan fingerprint density at radius 2 is 1.81 bits per heavy atom. The van der Waals surface area contributed by atoms with E-state index in [1.807, 2.05) is 0 Å². The zero-order chi connectivity index (χ0) is 19.4. The quantitative estimate of drug-likeness (QED) is 0.368. The number of nitrogens with zero attached hydrogens (tertiary/aromatic N) is 2. The van der Waals surface area contributed by atoms with Crippen molar-refractivity contribution in [1.29, 1.82) is 0 Å². The summed E-state index contributed by atoms with van der Waals surface area (Å²) >= 11 is 0. The van der Waals surface area contributed by atoms with Crippen LogP contribution in [0.3, 0.4) is 0 Å². The molecule has 0 bridgehead atoms. The standard InChI is InChI=1S/C19H15F2N3O3/c1-12(22-23-16-8-4-5-9-17(16)24(25)26)14-11-10-13-6-2-3-7-15(13)18(14)27-19(20)21/h2-11,19,23H,1H3/b22-12+. The van der Waals surface area contributed by atoms with Crippen LogP contribution in [-0.2, 0) is 0 Å². The van der Waals surface area contributed by atoms with Crippen molar-refractivity contribution in [3.05, 3.63) is 76.3 Å². The molecule has 3 aromatic rings. The van der Waals surface area contributed by atoms with E-state index in [1.54, 1.807) is 49.4 Å². The summed E-state index contributed by atoms with van der Waals surface area (Å²) in [5.41, 5.74) is 3.38. The number of halogens is 2. The molecule has 0 aliphatic heterocycles. The highest BCUT2D eigenvalue weighted by molar-refractivity contribution is 6.06. The lowest BCUT2D eigenvalue weighted by Crippen LogP contribution is -2.09. The number of benzene rings is 3. The molecule has 27 heavy (non-hydrogen) atoms. The number of para-hydroxylation sites is 2. The maximum absolute atomic E-state index is 12.9. The average molecular weight is 371 g/mol. The van der Waals surface area contributed by atoms with E-state index in [1.165, 1.54) is 18.2 Å². The van der Waals surface area contributed by atoms with Gasteiger partial charge < -0.3 is 4.74 Å². The second-order valence-electron chi connectivity index (χ2n) is 5.63. The van der Waals surface area contributed by atoms with Crippen LogP contribution < -0.4 is 10.2 Å². The highest BCUT2D eigenvalue weighted by atomic mass is 19.3. The summed E-state index contributed by atoms with van der Waals surface area (Å²) in [6, 6.07) is 16.4. The summed E-state index contributed by atoms with van der Waals surface area (Å²) in [6.07, 6.45) is 0. The molecule has 0 heterocycles. The van der Waals surface area contributed by atoms with Gasteiger partial charge in [-0.2, -0.15) is 13.9 Å². The molecule has 0 saturated heterocycles. The first-order valence-corrected chi connectivity index (χ1v) is 7.98. The third-order valence-corrected chi connectivity index (χ3v) is 3.92. The van der Waals surface area contributed by atoms with Crippen LogP contribution in [0.25, 0.3) is 10.8 Å². The Hall–Kier alpha value is -3.55. The van der Waals surface area contributed by atoms with E-state index in [-0.39, 0.29) is 17.1 Å². The summed E-state index contributed by atoms with van der Waals surface area (Å²) in [5, 5.41) is 16.5. The number of hydrazone groups is 1. The van der Waals surface area contributed by atoms with Crippen molar-refractivity contribution in [3.63, 3.8) is 0 Å². The Morgan fingerprint density at radius 1 is 1.11 bits per heavy atom. The maximum Gasteiger partial charge on any atom is 0.387 e. The molecule has 0 unspecified atom stereocenters. The molecule has 8 heteroatoms. The molecule has 0 radical (unpaired) electrons. The van der Waals surface area contributed by atoms with Gasteiger partial charge in [0.1, 0.15) is 11.4 Å². The second kappa shape index (κ2) is 7.77. The zero-order valence-corrected chi connectivity index (χ0v) is 14.2. The van der Waals surface area contributed by atoms with E-state index in [9.17, 15) is 18.9 Å². The molecule has 3 rings (SSSR count). The molecule has 0 amide bonds. The molecular weight excluding hydrogens is 356 g/mol. The summed E-state index contributed by atoms with van der Waals surface area (Å²) in [5.74, 6) is 0.00807. The first-order chi connectivity index (χ1) is 13.0. The molecule has 1 N–H and O–H groups in total. The number of alkyl halides is 2. The fourth-order valence-corrected chi connectivity index (χ4v) is 2.68. The largest absolute Gasteiger partial charge is 0.433 e. The van der Waals surface area contributed by atoms with Gasteiger partial charge in [-0.1, -0.05) is 42.5 Å². The van der Waals surface area contributed by atoms with Crippen LogP contribution in [0.15, 0.2) is 65.8 Å². The van der Waals surface area contributed by atoms with Crippen LogP contribution in [0.4, 0.5) is 20.2 Å². The number of nitrogens with one attached hydrogen (secondary N) is 1. The molecule has 0 aliphatic carbocycles. The third kappa shape index (κ3) is 4.00. The SMILES string of the molecule is C/C(=N\Nc1ccccc1[N+](=O)[O-])c1ccc2ccccc2c1OC(F)F. The van der Waals surface area contributed by atoms with Crippen LogP contribution in [0.2, 0.25) is 0 Å². The summed E-state index contributed by atoms with van der Waals surface area (Å²) in [6.45, 7) is -1.39. The molecule has 0 aliphatic rings. The predicted molar refractivity (Wildman–Crippen MR) is 99.5 cm³/mol. The van der Waals surface area contributed by atoms with E-state index in [0.717, 1.165) is 5.39 Å². The minimum absolute atomic E-state index is 0.00807. The zero-order valence-electron chi connectivity index (χ0n) is 14.2. The third-order valence-electron chi connectivity index (χ3n) is 3.92. The lowest BCUT2D eigenvalue weighted by Gasteiger charge is -2.14. The van der Waals surface area contributed by atoms with Crippen LogP contribution >= 0.6 is 0 Å². The highest BCUT2D eigenvalue weighted by Gasteiger charge is 2.16. The van der Waals surface area contributed by atoms with Crippen LogP contribution in [-0.4, -0.2) is 17.2 Å². The Bertz CT molecular complexity index is 1020. The van der Waals surface area contributed by atoms with Gasteiger partial charge in [-0.25, -0.2) is 0 Å². The van der Waals surface area contributed by atoms with Crippen LogP contribution in [0, 0.1) is 10.1 Å². The van der Waals surface area contributed by atoms with Gasteiger partial charge in [0.15, 0.2) is 0 Å². The number of anilines is 1. The van der Waals surface area contributed by atoms with Gasteiger partial charge in [0, 0.05) is 17.0 Å². The van der Waals surface area contributed by atoms with Crippen molar-refractivity contribution in [2.45, 2.75) is 13.5 Å². The van der Waals surface area contributed by atoms with Gasteiger partial charge in [0.25, 0.3) is 5.69 Å². The number of hydrogen-bond donors (Lipinski definition) is 1. The molecule has 3 aromatic carbocycles. The number of nitro groups is 1. The molecule has 0 saturated carbocycles. The van der Waals surface area contributed by atoms with Gasteiger partial charge in [0.05, 0.1) is 10.6 Å². The smallest absolute Gasteiger partial charge is 0.387 e. The second-order valence-corrected chi connectivity index (χ2v) is 5.63. The van der Waals surface area contributed by atoms with Crippen molar-refractivity contribution in [2.75, 3.05) is 5.43 Å². The molecule has 0 fully saturated rings. The number of fused-ring (bicyclic) bond motifs is 1. The van der Waals surface area contributed by atoms with E-state index < -0.39 is 11.5 Å². The fourth-order valence-electron chi connectivity index (χ4n) is 2.68. The minimum Gasteiger partial charge on any atom is -0.433 e. The van der Waals surface area contributed by atoms with Gasteiger partial charge in [-0.15, -0.1) is 0 Å². The Morgan fingerprint density at radius 3 is 2.56 bits per heavy atom. The van der Waals surface area contributed by atoms with E-state index in [2.05, 4.69) is 10.5 Å². The minimum atomic E-state index is -2.99. The van der Waals surface area contributed by atoms with E-state index in [0.29, 0.717) is 16.7 Å². The Labute approximate surface area is 153 Å². The topological polar surface area (TPSA) is 76.8 Å². The predicted octanol–water partition coefficient (Wildman–Crippen LogP) is 5.19. The number of hydrogen-bond acceptors (Lipinski definition) is 5. The Kier molecular flexibility index (Phi) is 5.25. The fraction of sp³-hybridized carbons (Fsp3) is 0.105. The van der Waals surface area contributed by atoms with Gasteiger partial charge >= 0.3 is 6.61 Å². The number of nitro benzene ring substituents is 1. The van der Waals surface area contributed by atoms with Crippen molar-refractivity contribution in [2.24, 2.45) is 5.10 Å². The maximum atomic E-state index is 12.9. The van der Waals surface area contributed by atoms with E-state index >= 15 is 0 Å². The molecule has 0 atom stereocenters. The van der Waals surface area contributed by atoms with Crippen molar-refractivity contribution >= 4 is 27.9 Å². The lowest BCUT2D eigenvalue weighted by molar-refractivity contribution is -0.384. The number of rotatable bonds is 6. The molecule has 138 valence electrons. The average Bonchev–Trinajstić information content (AvgIpc) is 2.66. The van der Waals surface area contributed by atoms with Crippen molar-refractivity contribution < 1.29 is 18.4 Å². The van der Waals surface area contributed by atoms with Gasteiger partial charge in [-0.3, -0.25) is 15.5 Å². The Balaban J connectivity index is 2.01. The summed E-state index contributed by atoms with van der Waals surface area (Å²) in [4.78, 5) is 10.5. The van der Waals surface area contributed by atoms with Crippen molar-refractivity contribution in [1.82, 2.24) is 0 Å². The van der Waals surface area contributed by atoms with Gasteiger partial charge in [-0.05, 0) is 24.4 Å². The van der Waals surface area contributed by atoms with Crippen LogP contribution in [0.5, 0.6) is 5.75 Å². The normalized spacial score (nSPS) is 11.6. The van der Waals surface area contributed by atoms with Gasteiger partial charge in [0.2, 0.25) is 0 Å². The molecule has 0 spiro atoms. The monoisotopic (exact) mass is 371 g/mol. The summed E-state index contributed by atoms with van der Waals surface area (Å²) < 4.78 is 30.6. The summed E-state index contributed by atoms with van der Waals surface area (Å²) in [7, 11) is 0. The van der Waals surface area contributed by atoms with Crippen molar-refractivity contribution in [3.8, 4) is 5.75 Å². The van der Waals surface area contributed by atoms with E-state index in [4.69, 9.17) is 4.74 Å². The molecular formula is C19H15F2N3O3. The number of ether oxygens (including phenoxy) is 1. The highest BCUT2D eigenvalue weighted by Crippen LogP contribution is 2.32. The van der Waals surface area contributed by atoms with Crippen LogP contribution in [0.1, 0.15) is 12.5 Å².